The van der Waals surface area contributed by atoms with E-state index in [-0.39, 0.29) is 32.7 Å². The molecule has 0 unspecified atom stereocenters. The van der Waals surface area contributed by atoms with Crippen LogP contribution in [0.1, 0.15) is 0 Å². The molecule has 1 aromatic carbocycles. The number of nitrogen functional groups attached to an aromatic ring is 1. The summed E-state index contributed by atoms with van der Waals surface area (Å²) >= 11 is 0. The van der Waals surface area contributed by atoms with Crippen LogP contribution < -0.4 is 5.73 Å². The van der Waals surface area contributed by atoms with E-state index in [0.717, 1.165) is 5.69 Å². The number of anilines is 1. The Labute approximate surface area is 104 Å². The molecule has 0 aliphatic carbocycles. The largest absolute Gasteiger partial charge is 0.492 e. The molecule has 0 aliphatic heterocycles. The second kappa shape index (κ2) is 9.55. The van der Waals surface area contributed by atoms with Crippen LogP contribution in [0.5, 0.6) is 0 Å². The van der Waals surface area contributed by atoms with Crippen molar-refractivity contribution in [2.75, 3.05) is 12.8 Å². The molecule has 4 heteroatoms. The van der Waals surface area contributed by atoms with Crippen LogP contribution in [0.3, 0.4) is 0 Å². The molecule has 0 saturated heterocycles. The predicted octanol–water partition coefficient (Wildman–Crippen LogP) is 1.06. The molecule has 1 radical (unpaired) electrons. The van der Waals surface area contributed by atoms with Gasteiger partial charge in [-0.3, -0.25) is 11.7 Å². The minimum atomic E-state index is -0.495. The molecule has 0 spiro atoms. The molecule has 0 amide bonds. The molecular formula is C9H11NO2Y-2. The minimum Gasteiger partial charge on any atom is -0.492 e. The fourth-order valence-corrected chi connectivity index (χ4v) is 0.407. The van der Waals surface area contributed by atoms with Gasteiger partial charge in [-0.25, -0.2) is 0 Å². The number of ether oxygens (including phenoxy) is 1. The molecule has 0 fully saturated rings. The van der Waals surface area contributed by atoms with Crippen molar-refractivity contribution in [3.63, 3.8) is 0 Å². The number of carbonyl (C=O) groups excluding carboxylic acids is 1. The van der Waals surface area contributed by atoms with E-state index in [0.29, 0.717) is 0 Å². The van der Waals surface area contributed by atoms with Gasteiger partial charge in [0.2, 0.25) is 0 Å². The van der Waals surface area contributed by atoms with Crippen LogP contribution in [-0.4, -0.2) is 13.1 Å². The first kappa shape index (κ1) is 15.0. The van der Waals surface area contributed by atoms with E-state index in [1.54, 1.807) is 6.07 Å². The van der Waals surface area contributed by atoms with E-state index in [1.807, 2.05) is 18.2 Å². The van der Waals surface area contributed by atoms with Crippen molar-refractivity contribution in [1.82, 2.24) is 0 Å². The van der Waals surface area contributed by atoms with Gasteiger partial charge in [-0.2, -0.15) is 30.3 Å². The number of rotatable bonds is 0. The summed E-state index contributed by atoms with van der Waals surface area (Å²) in [7, 11) is 1.29. The average Bonchev–Trinajstić information content (AvgIpc) is 2.07. The summed E-state index contributed by atoms with van der Waals surface area (Å²) in [6.07, 6.45) is 0. The normalized spacial score (nSPS) is 7.15. The van der Waals surface area contributed by atoms with Crippen molar-refractivity contribution in [3.8, 4) is 0 Å². The first-order valence-electron chi connectivity index (χ1n) is 3.28. The van der Waals surface area contributed by atoms with Gasteiger partial charge in [0.1, 0.15) is 0 Å². The number of carbonyl (C=O) groups is 1. The third kappa shape index (κ3) is 11.5. The maximum Gasteiger partial charge on any atom is 0.164 e. The van der Waals surface area contributed by atoms with Crippen molar-refractivity contribution < 1.29 is 42.2 Å². The van der Waals surface area contributed by atoms with Crippen molar-refractivity contribution >= 4 is 11.7 Å². The first-order chi connectivity index (χ1) is 5.66. The van der Waals surface area contributed by atoms with Crippen molar-refractivity contribution in [2.45, 2.75) is 0 Å². The van der Waals surface area contributed by atoms with Crippen LogP contribution in [0.2, 0.25) is 0 Å². The number of hydrogen-bond acceptors (Lipinski definition) is 3. The van der Waals surface area contributed by atoms with Gasteiger partial charge in [0.25, 0.3) is 0 Å². The Morgan fingerprint density at radius 3 is 2.38 bits per heavy atom. The van der Waals surface area contributed by atoms with Gasteiger partial charge in [-0.1, -0.05) is 5.69 Å². The van der Waals surface area contributed by atoms with Crippen molar-refractivity contribution in [3.05, 3.63) is 37.3 Å². The minimum absolute atomic E-state index is 0. The van der Waals surface area contributed by atoms with Crippen LogP contribution in [0.25, 0.3) is 0 Å². The van der Waals surface area contributed by atoms with Crippen LogP contribution in [0.4, 0.5) is 5.69 Å². The monoisotopic (exact) mass is 254 g/mol. The summed E-state index contributed by atoms with van der Waals surface area (Å²) in [6, 6.07) is 10.1. The number of benzene rings is 1. The van der Waals surface area contributed by atoms with Crippen LogP contribution in [0, 0.1) is 13.0 Å². The van der Waals surface area contributed by atoms with Crippen LogP contribution >= 0.6 is 0 Å². The SMILES string of the molecule is Nc1c[c-]ccc1.[CH2-]C(=O)OC.[Y]. The Hall–Kier alpha value is -0.536. The van der Waals surface area contributed by atoms with Gasteiger partial charge < -0.3 is 10.5 Å². The van der Waals surface area contributed by atoms with Gasteiger partial charge in [0, 0.05) is 32.7 Å². The third-order valence-corrected chi connectivity index (χ3v) is 0.959. The molecule has 0 aliphatic rings. The number of methoxy groups -OCH3 is 1. The zero-order chi connectivity index (χ0) is 9.40. The van der Waals surface area contributed by atoms with Crippen molar-refractivity contribution in [2.24, 2.45) is 0 Å². The molecule has 0 saturated carbocycles. The van der Waals surface area contributed by atoms with Gasteiger partial charge in [-0.05, 0) is 0 Å². The third-order valence-electron chi connectivity index (χ3n) is 0.959. The molecule has 3 nitrogen and oxygen atoms in total. The standard InChI is InChI=1S/C6H6N.C3H5O2.Y/c7-6-4-2-1-3-5-6;1-3(4)5-2;/h1-2,4-5H,7H2;1H2,2H3;/q2*-1;. The van der Waals surface area contributed by atoms with Gasteiger partial charge in [0.15, 0.2) is 5.97 Å². The number of hydrogen-bond donors (Lipinski definition) is 1. The second-order valence-corrected chi connectivity index (χ2v) is 1.91. The second-order valence-electron chi connectivity index (χ2n) is 1.91. The van der Waals surface area contributed by atoms with Crippen LogP contribution in [-0.2, 0) is 42.2 Å². The zero-order valence-corrected chi connectivity index (χ0v) is 10.3. The molecule has 2 N–H and O–H groups in total. The predicted molar refractivity (Wildman–Crippen MR) is 47.1 cm³/mol. The van der Waals surface area contributed by atoms with Crippen molar-refractivity contribution in [1.29, 1.82) is 0 Å². The average molecular weight is 254 g/mol. The summed E-state index contributed by atoms with van der Waals surface area (Å²) in [6.45, 7) is 2.90. The van der Waals surface area contributed by atoms with Gasteiger partial charge >= 0.3 is 0 Å². The van der Waals surface area contributed by atoms with E-state index >= 15 is 0 Å². The Bertz CT molecular complexity index is 226. The first-order valence-corrected chi connectivity index (χ1v) is 3.28. The van der Waals surface area contributed by atoms with E-state index in [2.05, 4.69) is 17.7 Å². The molecule has 1 rings (SSSR count). The fourth-order valence-electron chi connectivity index (χ4n) is 0.407. The summed E-state index contributed by atoms with van der Waals surface area (Å²) < 4.78 is 4.00. The Morgan fingerprint density at radius 2 is 2.23 bits per heavy atom. The topological polar surface area (TPSA) is 52.3 Å². The Morgan fingerprint density at radius 1 is 1.69 bits per heavy atom. The summed E-state index contributed by atoms with van der Waals surface area (Å²) in [5, 5.41) is 0. The number of esters is 1. The zero-order valence-electron chi connectivity index (χ0n) is 7.49. The summed E-state index contributed by atoms with van der Waals surface area (Å²) in [5.74, 6) is -0.495. The molecular weight excluding hydrogens is 243 g/mol. The molecule has 13 heavy (non-hydrogen) atoms. The summed E-state index contributed by atoms with van der Waals surface area (Å²) in [5.41, 5.74) is 6.09. The van der Waals surface area contributed by atoms with E-state index in [9.17, 15) is 4.79 Å². The molecule has 1 aromatic rings. The van der Waals surface area contributed by atoms with Gasteiger partial charge in [-0.15, -0.1) is 0 Å². The van der Waals surface area contributed by atoms with E-state index in [1.165, 1.54) is 7.11 Å². The maximum atomic E-state index is 9.48. The molecule has 0 aromatic heterocycles. The number of nitrogens with two attached hydrogens (primary N) is 1. The molecule has 0 bridgehead atoms. The molecule has 69 valence electrons. The Balaban J connectivity index is 0. The van der Waals surface area contributed by atoms with E-state index in [4.69, 9.17) is 5.73 Å². The smallest absolute Gasteiger partial charge is 0.164 e. The summed E-state index contributed by atoms with van der Waals surface area (Å²) in [4.78, 5) is 9.48. The Kier molecular flexibility index (Phi) is 11.0. The van der Waals surface area contributed by atoms with Crippen LogP contribution in [0.15, 0.2) is 24.3 Å². The quantitative estimate of drug-likeness (QED) is 0.428. The van der Waals surface area contributed by atoms with E-state index < -0.39 is 5.97 Å². The molecule has 0 atom stereocenters. The molecule has 0 heterocycles. The van der Waals surface area contributed by atoms with Gasteiger partial charge in [0.05, 0.1) is 7.11 Å². The maximum absolute atomic E-state index is 9.48. The fraction of sp³-hybridized carbons (Fsp3) is 0.111.